The molecule has 4 aliphatic heterocycles. The van der Waals surface area contributed by atoms with Crippen molar-refractivity contribution in [1.29, 1.82) is 0 Å². The molecule has 0 atom stereocenters. The van der Waals surface area contributed by atoms with Crippen molar-refractivity contribution < 1.29 is 46.0 Å². The molecule has 0 bridgehead atoms. The van der Waals surface area contributed by atoms with E-state index in [1.807, 2.05) is 40.7 Å². The largest absolute Gasteiger partial charge is 0.507 e. The van der Waals surface area contributed by atoms with Crippen LogP contribution in [0.25, 0.3) is 65.7 Å². The van der Waals surface area contributed by atoms with Crippen LogP contribution in [-0.4, -0.2) is 92.0 Å². The van der Waals surface area contributed by atoms with Crippen molar-refractivity contribution in [2.24, 2.45) is 0 Å². The van der Waals surface area contributed by atoms with E-state index in [0.717, 1.165) is 110 Å². The fourth-order valence-corrected chi connectivity index (χ4v) is 26.5. The molecule has 6 aromatic carbocycles. The van der Waals surface area contributed by atoms with E-state index in [-0.39, 0.29) is 134 Å². The van der Waals surface area contributed by atoms with Gasteiger partial charge in [0.1, 0.15) is 28.7 Å². The molecule has 0 unspecified atom stereocenters. The van der Waals surface area contributed by atoms with Crippen LogP contribution in [0.2, 0.25) is 0 Å². The lowest BCUT2D eigenvalue weighted by Gasteiger charge is -2.29. The average Bonchev–Trinajstić information content (AvgIpc) is 0.716. The van der Waals surface area contributed by atoms with Crippen molar-refractivity contribution in [2.75, 3.05) is 46.0 Å². The molecule has 94 heavy (non-hydrogen) atoms. The van der Waals surface area contributed by atoms with Crippen LogP contribution in [0.1, 0.15) is 195 Å². The Bertz CT molecular complexity index is 4450. The van der Waals surface area contributed by atoms with Gasteiger partial charge in [-0.25, -0.2) is 0 Å². The maximum Gasteiger partial charge on any atom is 0.231 e. The van der Waals surface area contributed by atoms with E-state index >= 15 is 0 Å². The first-order valence-electron chi connectivity index (χ1n) is 32.1. The lowest BCUT2D eigenvalue weighted by Crippen LogP contribution is -2.39. The van der Waals surface area contributed by atoms with E-state index in [4.69, 9.17) is 0 Å². The van der Waals surface area contributed by atoms with E-state index < -0.39 is 48.3 Å². The Morgan fingerprint density at radius 1 is 0.298 bits per heavy atom. The topological polar surface area (TPSA) is 250 Å². The number of hydrogen-bond acceptors (Lipinski definition) is 21. The average molecular weight is 1420 g/mol. The summed E-state index contributed by atoms with van der Waals surface area (Å²) in [6.45, 7) is 24.0. The molecule has 500 valence electrons. The van der Waals surface area contributed by atoms with E-state index in [2.05, 4.69) is 19.9 Å². The fraction of sp³-hybridized carbons (Fsp3) is 0.452. The van der Waals surface area contributed by atoms with Crippen LogP contribution < -0.4 is 21.7 Å². The number of aromatic hydroxyl groups is 9. The zero-order chi connectivity index (χ0) is 68.1. The summed E-state index contributed by atoms with van der Waals surface area (Å²) >= 11 is 13.0. The van der Waals surface area contributed by atoms with Crippen LogP contribution in [-0.2, 0) is 0 Å². The minimum absolute atomic E-state index is 0.00453. The Morgan fingerprint density at radius 3 is 1.07 bits per heavy atom. The highest BCUT2D eigenvalue weighted by atomic mass is 32.2. The van der Waals surface area contributed by atoms with Gasteiger partial charge in [0.15, 0.2) is 33.9 Å². The molecule has 0 spiro atoms. The monoisotopic (exact) mass is 1420 g/mol. The number of hydrogen-bond donors (Lipinski definition) is 9. The summed E-state index contributed by atoms with van der Waals surface area (Å²) in [5.74, 6) is 4.47. The predicted octanol–water partition coefficient (Wildman–Crippen LogP) is 18.4. The summed E-state index contributed by atoms with van der Waals surface area (Å²) in [4.78, 5) is 56.7. The SMILES string of the molecule is Cc1c(-c2c(C)c(=O)c3c(C(C)C)c(=O)c(=O)c(C4SCCCS4)c-3c2=O)c(O)c2c(C3SCCCS3)c(O)c(O)c(C(C)C)c2c1O.Cc1cc2c(C(C)C)c(C)c(O)c(C3SCCCS3)c2c(O)c1-c1c(C)cc2c(C(C)C)c(O)c(O)c(C3SCCCS3)c2c1O. The molecule has 9 N–H and O–H groups in total. The molecule has 4 saturated heterocycles. The van der Waals surface area contributed by atoms with Gasteiger partial charge in [0.2, 0.25) is 10.9 Å². The maximum atomic E-state index is 14.9. The normalized spacial score (nSPS) is 16.7. The number of aryl methyl sites for hydroxylation is 2. The van der Waals surface area contributed by atoms with Gasteiger partial charge in [-0.3, -0.25) is 19.2 Å². The minimum Gasteiger partial charge on any atom is -0.507 e. The second-order valence-corrected chi connectivity index (χ2v) is 37.1. The van der Waals surface area contributed by atoms with Crippen LogP contribution >= 0.6 is 94.1 Å². The van der Waals surface area contributed by atoms with Gasteiger partial charge < -0.3 is 46.0 Å². The van der Waals surface area contributed by atoms with Crippen molar-refractivity contribution in [3.63, 3.8) is 0 Å². The molecule has 6 aromatic rings. The van der Waals surface area contributed by atoms with Crippen molar-refractivity contribution in [3.05, 3.63) is 125 Å². The van der Waals surface area contributed by atoms with E-state index in [1.165, 1.54) is 37.4 Å². The van der Waals surface area contributed by atoms with Crippen molar-refractivity contribution in [3.8, 4) is 85.1 Å². The highest BCUT2D eigenvalue weighted by molar-refractivity contribution is 8.18. The number of rotatable bonds is 10. The molecule has 4 fully saturated rings. The molecule has 0 radical (unpaired) electrons. The molecule has 21 heteroatoms. The van der Waals surface area contributed by atoms with Crippen LogP contribution in [0.4, 0.5) is 0 Å². The Balaban J connectivity index is 0.000000192. The highest BCUT2D eigenvalue weighted by Gasteiger charge is 2.40. The van der Waals surface area contributed by atoms with Crippen molar-refractivity contribution in [2.45, 2.75) is 158 Å². The van der Waals surface area contributed by atoms with Crippen LogP contribution in [0.3, 0.4) is 0 Å². The molecule has 12 rings (SSSR count). The second-order valence-electron chi connectivity index (χ2n) is 26.2. The molecule has 0 saturated carbocycles. The predicted molar refractivity (Wildman–Crippen MR) is 404 cm³/mol. The van der Waals surface area contributed by atoms with Crippen molar-refractivity contribution >= 4 is 126 Å². The fourth-order valence-electron chi connectivity index (χ4n) is 14.6. The lowest BCUT2D eigenvalue weighted by atomic mass is 9.80. The Hall–Kier alpha value is -5.00. The zero-order valence-electron chi connectivity index (χ0n) is 55.2. The summed E-state index contributed by atoms with van der Waals surface area (Å²) in [6, 6.07) is 4.10. The Morgan fingerprint density at radius 2 is 0.660 bits per heavy atom. The molecule has 0 amide bonds. The summed E-state index contributed by atoms with van der Waals surface area (Å²) in [5.41, 5.74) is 3.77. The summed E-state index contributed by atoms with van der Waals surface area (Å²) in [6.07, 6.45) is 4.01. The van der Waals surface area contributed by atoms with E-state index in [1.54, 1.807) is 98.3 Å². The van der Waals surface area contributed by atoms with E-state index in [0.29, 0.717) is 33.0 Å². The van der Waals surface area contributed by atoms with Gasteiger partial charge in [-0.15, -0.1) is 94.1 Å². The number of fused-ring (bicyclic) bond motifs is 4. The van der Waals surface area contributed by atoms with Gasteiger partial charge in [-0.1, -0.05) is 67.5 Å². The van der Waals surface area contributed by atoms with Gasteiger partial charge in [0, 0.05) is 105 Å². The third-order valence-corrected chi connectivity index (χ3v) is 30.5. The van der Waals surface area contributed by atoms with Gasteiger partial charge in [0.05, 0.1) is 18.3 Å². The van der Waals surface area contributed by atoms with Gasteiger partial charge >= 0.3 is 0 Å². The van der Waals surface area contributed by atoms with Crippen LogP contribution in [0.5, 0.6) is 51.7 Å². The van der Waals surface area contributed by atoms with Gasteiger partial charge in [0.25, 0.3) is 0 Å². The molecular weight excluding hydrogens is 1340 g/mol. The molecular formula is C73H82O13S8. The number of phenolic OH excluding ortho intramolecular Hbond substituents is 9. The standard InChI is InChI=1S/C37H44O5S4.C36H38O8S4/c1-16(2)23-20(7)31(38)29(36-43-10-8-11-44-36)27-21(23)14-18(5)25(32(27)39)26-19(6)15-22-24(17(3)4)34(41)35(42)30(28(22)33(26)40)37-45-12-9-13-46-37;1-13(2)17-21-23(25(33(43)31(17)41)35-45-9-7-10-46-35)29(39)19(15(5)27(21)37)20-16(6)28(38)22-18(14(3)4)32(42)34(44)26(24(22)30(20)40)36-47-11-8-12-48-36/h14-17,36-42H,8-13H2,1-7H3;13-14,35-37,39,41,43H,7-12H2,1-6H3. The van der Waals surface area contributed by atoms with Gasteiger partial charge in [-0.05, 0) is 163 Å². The first kappa shape index (κ1) is 70.3. The lowest BCUT2D eigenvalue weighted by molar-refractivity contribution is 0.395. The number of phenols is 9. The second kappa shape index (κ2) is 27.7. The summed E-state index contributed by atoms with van der Waals surface area (Å²) in [5, 5.41) is 110. The van der Waals surface area contributed by atoms with Crippen LogP contribution in [0, 0.1) is 34.6 Å². The smallest absolute Gasteiger partial charge is 0.231 e. The first-order chi connectivity index (χ1) is 44.6. The van der Waals surface area contributed by atoms with Crippen molar-refractivity contribution in [1.82, 2.24) is 0 Å². The number of benzene rings is 8. The molecule has 4 heterocycles. The molecule has 2 aliphatic carbocycles. The third kappa shape index (κ3) is 11.7. The molecule has 6 aliphatic rings. The minimum atomic E-state index is -0.790. The van der Waals surface area contributed by atoms with E-state index in [9.17, 15) is 65.1 Å². The Kier molecular flexibility index (Phi) is 20.7. The maximum absolute atomic E-state index is 14.9. The third-order valence-electron chi connectivity index (χ3n) is 18.8. The molecule has 13 nitrogen and oxygen atoms in total. The number of thioether (sulfide) groups is 8. The quantitative estimate of drug-likeness (QED) is 0.0351. The Labute approximate surface area is 581 Å². The molecule has 0 aromatic heterocycles. The van der Waals surface area contributed by atoms with Gasteiger partial charge in [-0.2, -0.15) is 0 Å². The summed E-state index contributed by atoms with van der Waals surface area (Å²) < 4.78 is -1.10. The zero-order valence-corrected chi connectivity index (χ0v) is 61.7. The van der Waals surface area contributed by atoms with Crippen LogP contribution in [0.15, 0.2) is 31.3 Å². The summed E-state index contributed by atoms with van der Waals surface area (Å²) in [7, 11) is 0. The highest BCUT2D eigenvalue weighted by Crippen LogP contribution is 2.63. The first-order valence-corrected chi connectivity index (χ1v) is 40.5.